The minimum atomic E-state index is 1.01. The molecule has 0 bridgehead atoms. The highest BCUT2D eigenvalue weighted by Crippen LogP contribution is 2.12. The van der Waals surface area contributed by atoms with Gasteiger partial charge in [-0.2, -0.15) is 0 Å². The lowest BCUT2D eigenvalue weighted by atomic mass is 10.4. The number of nitrogens with zero attached hydrogens (tertiary/aromatic N) is 1. The lowest BCUT2D eigenvalue weighted by Crippen LogP contribution is -1.58. The molecule has 0 aliphatic carbocycles. The normalized spacial score (nSPS) is 9.33. The van der Waals surface area contributed by atoms with E-state index in [0.29, 0.717) is 0 Å². The molecule has 0 radical (unpaired) electrons. The van der Waals surface area contributed by atoms with Crippen molar-refractivity contribution in [3.8, 4) is 0 Å². The predicted octanol–water partition coefficient (Wildman–Crippen LogP) is 1.90. The van der Waals surface area contributed by atoms with E-state index in [1.54, 1.807) is 11.3 Å². The zero-order chi connectivity index (χ0) is 6.10. The second kappa shape index (κ2) is 1.71. The van der Waals surface area contributed by atoms with Crippen LogP contribution in [-0.4, -0.2) is 4.98 Å². The monoisotopic (exact) mass is 133 g/mol. The molecule has 0 aliphatic heterocycles. The van der Waals surface area contributed by atoms with E-state index in [0.717, 1.165) is 10.2 Å². The smallest absolute Gasteiger partial charge is 0.104 e. The highest BCUT2D eigenvalue weighted by atomic mass is 32.1. The van der Waals surface area contributed by atoms with E-state index in [1.165, 1.54) is 0 Å². The van der Waals surface area contributed by atoms with Crippen molar-refractivity contribution in [2.45, 2.75) is 0 Å². The first-order valence-electron chi connectivity index (χ1n) is 2.58. The van der Waals surface area contributed by atoms with Gasteiger partial charge < -0.3 is 0 Å². The second-order valence-electron chi connectivity index (χ2n) is 1.67. The Labute approximate surface area is 57.0 Å². The summed E-state index contributed by atoms with van der Waals surface area (Å²) >= 11 is 1.59. The predicted molar refractivity (Wildman–Crippen MR) is 37.3 cm³/mol. The van der Waals surface area contributed by atoms with Gasteiger partial charge in [0.1, 0.15) is 4.70 Å². The number of aromatic nitrogens is 1. The minimum absolute atomic E-state index is 1.01. The van der Waals surface area contributed by atoms with Crippen LogP contribution in [0.15, 0.2) is 17.6 Å². The number of fused-ring (bicyclic) bond motifs is 1. The van der Waals surface area contributed by atoms with Crippen molar-refractivity contribution < 1.29 is 0 Å². The molecule has 9 heavy (non-hydrogen) atoms. The summed E-state index contributed by atoms with van der Waals surface area (Å²) in [6, 6.07) is 9.58. The summed E-state index contributed by atoms with van der Waals surface area (Å²) in [5.41, 5.74) is 2.83. The Morgan fingerprint density at radius 3 is 3.44 bits per heavy atom. The summed E-state index contributed by atoms with van der Waals surface area (Å²) in [5, 5.41) is 0. The van der Waals surface area contributed by atoms with Crippen LogP contribution >= 0.6 is 11.3 Å². The van der Waals surface area contributed by atoms with Crippen molar-refractivity contribution >= 4 is 21.6 Å². The van der Waals surface area contributed by atoms with Gasteiger partial charge in [-0.05, 0) is 18.2 Å². The van der Waals surface area contributed by atoms with Gasteiger partial charge in [0.05, 0.1) is 11.0 Å². The van der Waals surface area contributed by atoms with Crippen LogP contribution in [0, 0.1) is 12.1 Å². The van der Waals surface area contributed by atoms with Crippen LogP contribution in [0.4, 0.5) is 0 Å². The van der Waals surface area contributed by atoms with Crippen molar-refractivity contribution in [1.29, 1.82) is 0 Å². The van der Waals surface area contributed by atoms with Gasteiger partial charge in [0.15, 0.2) is 0 Å². The second-order valence-corrected chi connectivity index (χ2v) is 2.52. The largest absolute Gasteiger partial charge is 0.244 e. The number of hydrogen-bond acceptors (Lipinski definition) is 2. The van der Waals surface area contributed by atoms with Crippen molar-refractivity contribution in [1.82, 2.24) is 4.98 Å². The molecule has 0 aliphatic rings. The minimum Gasteiger partial charge on any atom is -0.244 e. The fourth-order valence-electron chi connectivity index (χ4n) is 0.695. The van der Waals surface area contributed by atoms with Crippen LogP contribution in [0.3, 0.4) is 0 Å². The number of thiazole rings is 1. The van der Waals surface area contributed by atoms with Crippen LogP contribution < -0.4 is 0 Å². The van der Waals surface area contributed by atoms with Gasteiger partial charge in [0.25, 0.3) is 0 Å². The van der Waals surface area contributed by atoms with Crippen LogP contribution in [0.1, 0.15) is 0 Å². The van der Waals surface area contributed by atoms with Gasteiger partial charge in [-0.25, -0.2) is 4.98 Å². The Morgan fingerprint density at radius 2 is 2.56 bits per heavy atom. The first-order valence-corrected chi connectivity index (χ1v) is 3.46. The van der Waals surface area contributed by atoms with Crippen LogP contribution in [0.5, 0.6) is 0 Å². The van der Waals surface area contributed by atoms with Crippen molar-refractivity contribution in [3.63, 3.8) is 0 Å². The highest BCUT2D eigenvalue weighted by molar-refractivity contribution is 7.16. The van der Waals surface area contributed by atoms with Crippen LogP contribution in [0.2, 0.25) is 0 Å². The number of hydrogen-bond donors (Lipinski definition) is 0. The summed E-state index contributed by atoms with van der Waals surface area (Å²) in [6.45, 7) is 0. The molecule has 2 rings (SSSR count). The lowest BCUT2D eigenvalue weighted by Gasteiger charge is -1.74. The van der Waals surface area contributed by atoms with Crippen LogP contribution in [-0.2, 0) is 0 Å². The molecule has 1 aromatic heterocycles. The van der Waals surface area contributed by atoms with Crippen LogP contribution in [0.25, 0.3) is 10.2 Å². The van der Waals surface area contributed by atoms with E-state index >= 15 is 0 Å². The van der Waals surface area contributed by atoms with Gasteiger partial charge in [0, 0.05) is 0 Å². The average Bonchev–Trinajstić information content (AvgIpc) is 2.33. The molecule has 0 N–H and O–H groups in total. The third-order valence-corrected chi connectivity index (χ3v) is 1.86. The number of rotatable bonds is 0. The van der Waals surface area contributed by atoms with Gasteiger partial charge in [0.2, 0.25) is 0 Å². The molecule has 0 amide bonds. The maximum Gasteiger partial charge on any atom is 0.104 e. The zero-order valence-electron chi connectivity index (χ0n) is 4.59. The highest BCUT2D eigenvalue weighted by Gasteiger charge is 1.88. The van der Waals surface area contributed by atoms with Crippen molar-refractivity contribution in [2.75, 3.05) is 0 Å². The SMILES string of the molecule is c1ccc2ncsc2c#1. The van der Waals surface area contributed by atoms with Gasteiger partial charge in [-0.15, -0.1) is 11.3 Å². The van der Waals surface area contributed by atoms with Crippen molar-refractivity contribution in [2.24, 2.45) is 0 Å². The molecular weight excluding hydrogens is 130 g/mol. The van der Waals surface area contributed by atoms with E-state index < -0.39 is 0 Å². The third-order valence-electron chi connectivity index (χ3n) is 1.11. The fraction of sp³-hybridized carbons (Fsp3) is 0. The summed E-state index contributed by atoms with van der Waals surface area (Å²) < 4.78 is 1.08. The first-order chi connectivity index (χ1) is 4.47. The van der Waals surface area contributed by atoms with E-state index in [9.17, 15) is 0 Å². The average molecular weight is 133 g/mol. The Bertz CT molecular complexity index is 283. The topological polar surface area (TPSA) is 12.9 Å². The molecule has 0 fully saturated rings. The van der Waals surface area contributed by atoms with Gasteiger partial charge in [-0.1, -0.05) is 6.07 Å². The molecule has 1 nitrogen and oxygen atoms in total. The molecule has 2 heteroatoms. The van der Waals surface area contributed by atoms with E-state index in [2.05, 4.69) is 17.1 Å². The molecule has 0 spiro atoms. The maximum atomic E-state index is 4.09. The molecule has 2 aromatic rings. The Morgan fingerprint density at radius 1 is 1.56 bits per heavy atom. The first kappa shape index (κ1) is 4.78. The molecule has 0 saturated heterocycles. The molecule has 1 heterocycles. The lowest BCUT2D eigenvalue weighted by molar-refractivity contribution is 1.50. The zero-order valence-corrected chi connectivity index (χ0v) is 5.40. The van der Waals surface area contributed by atoms with E-state index in [-0.39, 0.29) is 0 Å². The third kappa shape index (κ3) is 0.664. The van der Waals surface area contributed by atoms with Crippen molar-refractivity contribution in [3.05, 3.63) is 29.8 Å². The standard InChI is InChI=1S/C7H3NS/c1-2-4-7-6(3-1)8-5-9-7/h1,3,5H. The Hall–Kier alpha value is -1.07. The van der Waals surface area contributed by atoms with E-state index in [4.69, 9.17) is 0 Å². The van der Waals surface area contributed by atoms with Gasteiger partial charge >= 0.3 is 0 Å². The summed E-state index contributed by atoms with van der Waals surface area (Å²) in [5.74, 6) is 0. The fourth-order valence-corrected chi connectivity index (χ4v) is 1.33. The van der Waals surface area contributed by atoms with E-state index in [1.807, 2.05) is 17.6 Å². The molecule has 0 saturated carbocycles. The maximum absolute atomic E-state index is 4.09. The molecular formula is C7H3NS. The summed E-state index contributed by atoms with van der Waals surface area (Å²) in [4.78, 5) is 4.09. The Balaban J connectivity index is 2.95. The Kier molecular flexibility index (Phi) is 0.909. The summed E-state index contributed by atoms with van der Waals surface area (Å²) in [6.07, 6.45) is 0. The van der Waals surface area contributed by atoms with Gasteiger partial charge in [-0.3, -0.25) is 0 Å². The molecule has 0 atom stereocenters. The molecule has 42 valence electrons. The molecule has 0 unspecified atom stereocenters. The summed E-state index contributed by atoms with van der Waals surface area (Å²) in [7, 11) is 0. The quantitative estimate of drug-likeness (QED) is 0.534. The molecule has 1 aromatic carbocycles.